The predicted octanol–water partition coefficient (Wildman–Crippen LogP) is 6.26. The Balaban J connectivity index is 1.69. The molecule has 1 aliphatic rings. The maximum absolute atomic E-state index is 6.29. The summed E-state index contributed by atoms with van der Waals surface area (Å²) in [6.45, 7) is 2.10. The third-order valence-corrected chi connectivity index (χ3v) is 5.42. The van der Waals surface area contributed by atoms with Crippen molar-refractivity contribution in [3.8, 4) is 0 Å². The molecule has 26 heavy (non-hydrogen) atoms. The number of nitrogens with zero attached hydrogens (tertiary/aromatic N) is 2. The van der Waals surface area contributed by atoms with Crippen LogP contribution in [0.5, 0.6) is 0 Å². The molecule has 0 spiro atoms. The van der Waals surface area contributed by atoms with Crippen LogP contribution in [0.25, 0.3) is 0 Å². The number of anilines is 3. The molecule has 0 fully saturated rings. The van der Waals surface area contributed by atoms with E-state index in [4.69, 9.17) is 11.6 Å². The van der Waals surface area contributed by atoms with Gasteiger partial charge in [-0.1, -0.05) is 59.3 Å². The van der Waals surface area contributed by atoms with E-state index >= 15 is 0 Å². The lowest BCUT2D eigenvalue weighted by Gasteiger charge is -2.31. The molecule has 1 N–H and O–H groups in total. The normalized spacial score (nSPS) is 15.0. The summed E-state index contributed by atoms with van der Waals surface area (Å²) in [5, 5.41) is 6.31. The Morgan fingerprint density at radius 3 is 2.54 bits per heavy atom. The van der Waals surface area contributed by atoms with Gasteiger partial charge in [-0.3, -0.25) is 5.43 Å². The van der Waals surface area contributed by atoms with Gasteiger partial charge in [-0.25, -0.2) is 0 Å². The van der Waals surface area contributed by atoms with Gasteiger partial charge in [0.05, 0.1) is 17.3 Å². The molecule has 4 rings (SSSR count). The molecular formula is C21H18ClN3S. The van der Waals surface area contributed by atoms with Gasteiger partial charge in [-0.15, -0.1) is 0 Å². The number of thioether (sulfide) groups is 1. The van der Waals surface area contributed by atoms with Gasteiger partial charge in [-0.2, -0.15) is 5.10 Å². The zero-order valence-electron chi connectivity index (χ0n) is 14.3. The fraction of sp³-hybridized carbons (Fsp3) is 0.0952. The lowest BCUT2D eigenvalue weighted by atomic mass is 10.1. The summed E-state index contributed by atoms with van der Waals surface area (Å²) in [7, 11) is 0. The molecule has 0 aliphatic carbocycles. The Morgan fingerprint density at radius 2 is 1.77 bits per heavy atom. The second-order valence-corrected chi connectivity index (χ2v) is 7.46. The number of halogens is 1. The second kappa shape index (κ2) is 7.44. The average molecular weight is 380 g/mol. The van der Waals surface area contributed by atoms with Gasteiger partial charge in [0, 0.05) is 16.3 Å². The molecule has 0 saturated carbocycles. The molecule has 0 saturated heterocycles. The molecule has 0 unspecified atom stereocenters. The molecule has 0 atom stereocenters. The summed E-state index contributed by atoms with van der Waals surface area (Å²) >= 11 is 7.99. The van der Waals surface area contributed by atoms with Crippen molar-refractivity contribution < 1.29 is 0 Å². The van der Waals surface area contributed by atoms with E-state index in [1.165, 1.54) is 5.56 Å². The lowest BCUT2D eigenvalue weighted by Crippen LogP contribution is -2.25. The lowest BCUT2D eigenvalue weighted by molar-refractivity contribution is 1.16. The van der Waals surface area contributed by atoms with E-state index in [0.717, 1.165) is 38.6 Å². The Morgan fingerprint density at radius 1 is 1.00 bits per heavy atom. The predicted molar refractivity (Wildman–Crippen MR) is 114 cm³/mol. The molecular weight excluding hydrogens is 362 g/mol. The number of hydrogen-bond acceptors (Lipinski definition) is 4. The first-order valence-corrected chi connectivity index (χ1v) is 9.73. The largest absolute Gasteiger partial charge is 0.331 e. The Kier molecular flexibility index (Phi) is 4.87. The summed E-state index contributed by atoms with van der Waals surface area (Å²) in [5.41, 5.74) is 8.68. The molecule has 1 heterocycles. The third-order valence-electron chi connectivity index (χ3n) is 4.22. The van der Waals surface area contributed by atoms with Gasteiger partial charge in [0.15, 0.2) is 0 Å². The molecule has 1 aliphatic heterocycles. The van der Waals surface area contributed by atoms with Crippen LogP contribution < -0.4 is 10.3 Å². The van der Waals surface area contributed by atoms with Crippen molar-refractivity contribution in [3.05, 3.63) is 88.9 Å². The van der Waals surface area contributed by atoms with E-state index in [1.807, 2.05) is 48.5 Å². The molecule has 3 aromatic carbocycles. The minimum absolute atomic E-state index is 0.725. The number of para-hydroxylation sites is 1. The van der Waals surface area contributed by atoms with Crippen LogP contribution >= 0.6 is 23.4 Å². The maximum Gasteiger partial charge on any atom is 0.127 e. The molecule has 3 aromatic rings. The van der Waals surface area contributed by atoms with Crippen molar-refractivity contribution in [3.63, 3.8) is 0 Å². The zero-order chi connectivity index (χ0) is 17.9. The minimum Gasteiger partial charge on any atom is -0.331 e. The van der Waals surface area contributed by atoms with Crippen molar-refractivity contribution in [2.24, 2.45) is 5.10 Å². The van der Waals surface area contributed by atoms with Crippen molar-refractivity contribution in [2.45, 2.75) is 6.92 Å². The van der Waals surface area contributed by atoms with E-state index in [0.29, 0.717) is 0 Å². The fourth-order valence-electron chi connectivity index (χ4n) is 2.84. The number of aryl methyl sites for hydroxylation is 1. The Hall–Kier alpha value is -2.43. The number of nitrogens with one attached hydrogen (secondary N) is 1. The highest BCUT2D eigenvalue weighted by molar-refractivity contribution is 8.14. The third kappa shape index (κ3) is 3.57. The monoisotopic (exact) mass is 379 g/mol. The van der Waals surface area contributed by atoms with Crippen molar-refractivity contribution in [1.29, 1.82) is 0 Å². The van der Waals surface area contributed by atoms with Crippen LogP contribution in [0, 0.1) is 6.92 Å². The van der Waals surface area contributed by atoms with Crippen LogP contribution in [-0.2, 0) is 0 Å². The average Bonchev–Trinajstić information content (AvgIpc) is 2.67. The van der Waals surface area contributed by atoms with Gasteiger partial charge < -0.3 is 4.90 Å². The first-order chi connectivity index (χ1) is 12.7. The summed E-state index contributed by atoms with van der Waals surface area (Å²) in [6, 6.07) is 24.5. The van der Waals surface area contributed by atoms with E-state index in [-0.39, 0.29) is 0 Å². The highest BCUT2D eigenvalue weighted by Gasteiger charge is 2.24. The summed E-state index contributed by atoms with van der Waals surface area (Å²) in [6.07, 6.45) is 0. The smallest absolute Gasteiger partial charge is 0.127 e. The van der Waals surface area contributed by atoms with Gasteiger partial charge in [0.1, 0.15) is 5.04 Å². The maximum atomic E-state index is 6.29. The first kappa shape index (κ1) is 17.0. The Bertz CT molecular complexity index is 939. The van der Waals surface area contributed by atoms with Crippen LogP contribution in [0.1, 0.15) is 11.1 Å². The molecule has 0 amide bonds. The van der Waals surface area contributed by atoms with Gasteiger partial charge in [-0.05, 0) is 49.4 Å². The van der Waals surface area contributed by atoms with Crippen molar-refractivity contribution >= 4 is 45.5 Å². The number of benzene rings is 3. The van der Waals surface area contributed by atoms with E-state index in [9.17, 15) is 0 Å². The SMILES string of the molecule is Cc1ccc(N2CS/C(=N\Nc3ccccc3)c3ccc(Cl)cc32)cc1. The summed E-state index contributed by atoms with van der Waals surface area (Å²) in [5.74, 6) is 0.783. The molecule has 5 heteroatoms. The van der Waals surface area contributed by atoms with Gasteiger partial charge >= 0.3 is 0 Å². The van der Waals surface area contributed by atoms with Crippen LogP contribution in [0.2, 0.25) is 5.02 Å². The van der Waals surface area contributed by atoms with Crippen LogP contribution in [-0.4, -0.2) is 10.9 Å². The van der Waals surface area contributed by atoms with Gasteiger partial charge in [0.2, 0.25) is 0 Å². The van der Waals surface area contributed by atoms with Gasteiger partial charge in [0.25, 0.3) is 0 Å². The van der Waals surface area contributed by atoms with Crippen molar-refractivity contribution in [1.82, 2.24) is 0 Å². The van der Waals surface area contributed by atoms with E-state index in [1.54, 1.807) is 11.8 Å². The Labute approximate surface area is 162 Å². The fourth-order valence-corrected chi connectivity index (χ4v) is 3.98. The van der Waals surface area contributed by atoms with E-state index < -0.39 is 0 Å². The summed E-state index contributed by atoms with van der Waals surface area (Å²) < 4.78 is 0. The second-order valence-electron chi connectivity index (χ2n) is 6.09. The van der Waals surface area contributed by atoms with Crippen LogP contribution in [0.4, 0.5) is 17.1 Å². The highest BCUT2D eigenvalue weighted by atomic mass is 35.5. The molecule has 130 valence electrons. The molecule has 0 bridgehead atoms. The van der Waals surface area contributed by atoms with Crippen LogP contribution in [0.15, 0.2) is 77.9 Å². The number of fused-ring (bicyclic) bond motifs is 1. The van der Waals surface area contributed by atoms with E-state index in [2.05, 4.69) is 46.6 Å². The standard InChI is InChI=1S/C21H18ClN3S/c1-15-7-10-18(11-8-15)25-14-26-21(19-12-9-16(22)13-20(19)25)24-23-17-5-3-2-4-6-17/h2-13,23H,14H2,1H3/b24-21-. The quantitative estimate of drug-likeness (QED) is 0.544. The minimum atomic E-state index is 0.725. The molecule has 0 radical (unpaired) electrons. The highest BCUT2D eigenvalue weighted by Crippen LogP contribution is 2.39. The summed E-state index contributed by atoms with van der Waals surface area (Å²) in [4.78, 5) is 2.27. The molecule has 3 nitrogen and oxygen atoms in total. The number of hydrogen-bond donors (Lipinski definition) is 1. The molecule has 0 aromatic heterocycles. The van der Waals surface area contributed by atoms with Crippen molar-refractivity contribution in [2.75, 3.05) is 16.2 Å². The topological polar surface area (TPSA) is 27.6 Å². The number of rotatable bonds is 3. The zero-order valence-corrected chi connectivity index (χ0v) is 15.9. The first-order valence-electron chi connectivity index (χ1n) is 8.36. The van der Waals surface area contributed by atoms with Crippen LogP contribution in [0.3, 0.4) is 0 Å². The number of hydrazone groups is 1.